The van der Waals surface area contributed by atoms with Gasteiger partial charge < -0.3 is 19.8 Å². The highest BCUT2D eigenvalue weighted by Gasteiger charge is 2.18. The van der Waals surface area contributed by atoms with Crippen molar-refractivity contribution in [3.63, 3.8) is 0 Å². The van der Waals surface area contributed by atoms with Crippen LogP contribution in [0.4, 0.5) is 5.69 Å². The number of rotatable bonds is 8. The van der Waals surface area contributed by atoms with E-state index in [1.807, 2.05) is 30.3 Å². The summed E-state index contributed by atoms with van der Waals surface area (Å²) in [7, 11) is 0. The third kappa shape index (κ3) is 5.81. The summed E-state index contributed by atoms with van der Waals surface area (Å²) in [5.74, 6) is -1.19. The van der Waals surface area contributed by atoms with E-state index in [4.69, 9.17) is 9.15 Å². The molecule has 2 N–H and O–H groups in total. The number of hydrogen-bond donors (Lipinski definition) is 2. The summed E-state index contributed by atoms with van der Waals surface area (Å²) in [5, 5.41) is 5.42. The molecule has 0 spiro atoms. The third-order valence-corrected chi connectivity index (χ3v) is 4.33. The minimum atomic E-state index is -0.924. The quantitative estimate of drug-likeness (QED) is 0.559. The molecule has 0 aliphatic carbocycles. The van der Waals surface area contributed by atoms with Gasteiger partial charge in [0.15, 0.2) is 11.9 Å². The molecule has 0 aliphatic heterocycles. The predicted molar refractivity (Wildman–Crippen MR) is 111 cm³/mol. The highest BCUT2D eigenvalue weighted by atomic mass is 16.5. The van der Waals surface area contributed by atoms with E-state index in [0.29, 0.717) is 18.7 Å². The highest BCUT2D eigenvalue weighted by molar-refractivity contribution is 6.02. The molecule has 2 aromatic carbocycles. The van der Waals surface area contributed by atoms with Crippen molar-refractivity contribution in [3.05, 3.63) is 89.9 Å². The van der Waals surface area contributed by atoms with Gasteiger partial charge in [0, 0.05) is 12.2 Å². The normalized spacial score (nSPS) is 11.4. The summed E-state index contributed by atoms with van der Waals surface area (Å²) in [6.07, 6.45) is 1.18. The summed E-state index contributed by atoms with van der Waals surface area (Å²) in [4.78, 5) is 36.4. The van der Waals surface area contributed by atoms with Crippen LogP contribution >= 0.6 is 0 Å². The number of esters is 1. The lowest BCUT2D eigenvalue weighted by Crippen LogP contribution is -2.36. The Labute approximate surface area is 174 Å². The van der Waals surface area contributed by atoms with Crippen molar-refractivity contribution in [3.8, 4) is 0 Å². The van der Waals surface area contributed by atoms with Gasteiger partial charge in [-0.3, -0.25) is 9.59 Å². The van der Waals surface area contributed by atoms with Gasteiger partial charge in [-0.1, -0.05) is 30.3 Å². The maximum Gasteiger partial charge on any atom is 0.338 e. The number of carbonyl (C=O) groups excluding carboxylic acids is 3. The Morgan fingerprint density at radius 1 is 0.967 bits per heavy atom. The Bertz CT molecular complexity index is 982. The molecule has 7 nitrogen and oxygen atoms in total. The summed E-state index contributed by atoms with van der Waals surface area (Å²) in [6, 6.07) is 19.1. The van der Waals surface area contributed by atoms with E-state index < -0.39 is 18.0 Å². The SMILES string of the molecule is C[C@H](OC(=O)c1ccc(NC(=O)c2ccco2)cc1)C(=O)NCCc1ccccc1. The molecule has 2 amide bonds. The van der Waals surface area contributed by atoms with Crippen molar-refractivity contribution < 1.29 is 23.5 Å². The standard InChI is InChI=1S/C23H22N2O5/c1-16(21(26)24-14-13-17-6-3-2-4-7-17)30-23(28)18-9-11-19(12-10-18)25-22(27)20-8-5-15-29-20/h2-12,15-16H,13-14H2,1H3,(H,24,26)(H,25,27)/t16-/m0/s1. The second kappa shape index (κ2) is 10.1. The van der Waals surface area contributed by atoms with Crippen LogP contribution in [-0.2, 0) is 16.0 Å². The first-order valence-corrected chi connectivity index (χ1v) is 9.50. The smallest absolute Gasteiger partial charge is 0.338 e. The molecule has 3 aromatic rings. The predicted octanol–water partition coefficient (Wildman–Crippen LogP) is 3.44. The van der Waals surface area contributed by atoms with Gasteiger partial charge in [-0.15, -0.1) is 0 Å². The summed E-state index contributed by atoms with van der Waals surface area (Å²) in [5.41, 5.74) is 1.89. The maximum atomic E-state index is 12.3. The van der Waals surface area contributed by atoms with E-state index in [9.17, 15) is 14.4 Å². The second-order valence-electron chi connectivity index (χ2n) is 6.58. The van der Waals surface area contributed by atoms with E-state index in [-0.39, 0.29) is 17.2 Å². The average molecular weight is 406 g/mol. The first-order chi connectivity index (χ1) is 14.5. The van der Waals surface area contributed by atoms with Crippen molar-refractivity contribution in [2.75, 3.05) is 11.9 Å². The van der Waals surface area contributed by atoms with Gasteiger partial charge in [-0.25, -0.2) is 4.79 Å². The van der Waals surface area contributed by atoms with E-state index in [0.717, 1.165) is 5.56 Å². The van der Waals surface area contributed by atoms with Crippen LogP contribution in [0.5, 0.6) is 0 Å². The van der Waals surface area contributed by atoms with Crippen molar-refractivity contribution in [2.45, 2.75) is 19.4 Å². The van der Waals surface area contributed by atoms with Crippen LogP contribution in [-0.4, -0.2) is 30.4 Å². The molecule has 1 aromatic heterocycles. The third-order valence-electron chi connectivity index (χ3n) is 4.33. The Kier molecular flexibility index (Phi) is 7.00. The molecular formula is C23H22N2O5. The fourth-order valence-corrected chi connectivity index (χ4v) is 2.69. The number of benzene rings is 2. The molecular weight excluding hydrogens is 384 g/mol. The highest BCUT2D eigenvalue weighted by Crippen LogP contribution is 2.13. The molecule has 0 radical (unpaired) electrons. The Balaban J connectivity index is 1.46. The first kappa shape index (κ1) is 20.9. The minimum absolute atomic E-state index is 0.186. The van der Waals surface area contributed by atoms with Crippen LogP contribution in [0.15, 0.2) is 77.4 Å². The molecule has 0 bridgehead atoms. The molecule has 1 heterocycles. The zero-order valence-corrected chi connectivity index (χ0v) is 16.5. The molecule has 154 valence electrons. The van der Waals surface area contributed by atoms with E-state index in [1.54, 1.807) is 24.3 Å². The molecule has 0 saturated heterocycles. The topological polar surface area (TPSA) is 97.6 Å². The minimum Gasteiger partial charge on any atom is -0.459 e. The zero-order chi connectivity index (χ0) is 21.3. The molecule has 0 saturated carbocycles. The van der Waals surface area contributed by atoms with Crippen molar-refractivity contribution in [2.24, 2.45) is 0 Å². The Hall–Kier alpha value is -3.87. The number of anilines is 1. The molecule has 7 heteroatoms. The van der Waals surface area contributed by atoms with E-state index in [2.05, 4.69) is 10.6 Å². The Morgan fingerprint density at radius 3 is 2.37 bits per heavy atom. The van der Waals surface area contributed by atoms with Gasteiger partial charge in [-0.2, -0.15) is 0 Å². The first-order valence-electron chi connectivity index (χ1n) is 9.50. The van der Waals surface area contributed by atoms with Gasteiger partial charge in [-0.05, 0) is 55.3 Å². The van der Waals surface area contributed by atoms with Gasteiger partial charge in [0.25, 0.3) is 11.8 Å². The van der Waals surface area contributed by atoms with Crippen LogP contribution in [0, 0.1) is 0 Å². The Morgan fingerprint density at radius 2 is 1.70 bits per heavy atom. The van der Waals surface area contributed by atoms with Crippen LogP contribution in [0.3, 0.4) is 0 Å². The maximum absolute atomic E-state index is 12.3. The van der Waals surface area contributed by atoms with Gasteiger partial charge in [0.2, 0.25) is 0 Å². The fourth-order valence-electron chi connectivity index (χ4n) is 2.69. The van der Waals surface area contributed by atoms with Gasteiger partial charge >= 0.3 is 5.97 Å². The largest absolute Gasteiger partial charge is 0.459 e. The van der Waals surface area contributed by atoms with Crippen LogP contribution < -0.4 is 10.6 Å². The molecule has 30 heavy (non-hydrogen) atoms. The van der Waals surface area contributed by atoms with Crippen LogP contribution in [0.2, 0.25) is 0 Å². The monoisotopic (exact) mass is 406 g/mol. The van der Waals surface area contributed by atoms with Crippen LogP contribution in [0.25, 0.3) is 0 Å². The summed E-state index contributed by atoms with van der Waals surface area (Å²) >= 11 is 0. The average Bonchev–Trinajstić information content (AvgIpc) is 3.30. The fraction of sp³-hybridized carbons (Fsp3) is 0.174. The molecule has 0 unspecified atom stereocenters. The molecule has 1 atom stereocenters. The lowest BCUT2D eigenvalue weighted by molar-refractivity contribution is -0.129. The molecule has 3 rings (SSSR count). The number of amides is 2. The lowest BCUT2D eigenvalue weighted by atomic mass is 10.1. The second-order valence-corrected chi connectivity index (χ2v) is 6.58. The number of nitrogens with one attached hydrogen (secondary N) is 2. The summed E-state index contributed by atoms with van der Waals surface area (Å²) in [6.45, 7) is 1.97. The van der Waals surface area contributed by atoms with Crippen molar-refractivity contribution in [1.29, 1.82) is 0 Å². The number of hydrogen-bond acceptors (Lipinski definition) is 5. The zero-order valence-electron chi connectivity index (χ0n) is 16.5. The van der Waals surface area contributed by atoms with Gasteiger partial charge in [0.1, 0.15) is 0 Å². The van der Waals surface area contributed by atoms with Crippen molar-refractivity contribution >= 4 is 23.5 Å². The summed E-state index contributed by atoms with van der Waals surface area (Å²) < 4.78 is 10.3. The van der Waals surface area contributed by atoms with Gasteiger partial charge in [0.05, 0.1) is 11.8 Å². The molecule has 0 aliphatic rings. The van der Waals surface area contributed by atoms with Crippen molar-refractivity contribution in [1.82, 2.24) is 5.32 Å². The number of furan rings is 1. The number of ether oxygens (including phenoxy) is 1. The lowest BCUT2D eigenvalue weighted by Gasteiger charge is -2.14. The van der Waals surface area contributed by atoms with E-state index in [1.165, 1.54) is 25.3 Å². The number of carbonyl (C=O) groups is 3. The van der Waals surface area contributed by atoms with E-state index >= 15 is 0 Å². The molecule has 0 fully saturated rings. The van der Waals surface area contributed by atoms with Crippen LogP contribution in [0.1, 0.15) is 33.4 Å².